The van der Waals surface area contributed by atoms with Gasteiger partial charge in [0, 0.05) is 9.98 Å². The molecule has 2 heterocycles. The van der Waals surface area contributed by atoms with Crippen molar-refractivity contribution in [2.24, 2.45) is 5.73 Å². The molecule has 11 heteroatoms. The maximum absolute atomic E-state index is 12.0. The van der Waals surface area contributed by atoms with E-state index in [0.29, 0.717) is 10.6 Å². The molecule has 1 aliphatic rings. The third-order valence-electron chi connectivity index (χ3n) is 3.41. The molecule has 120 valence electrons. The molecule has 0 saturated carbocycles. The average Bonchev–Trinajstić information content (AvgIpc) is 3.12. The number of primary amides is 1. The third-order valence-corrected chi connectivity index (χ3v) is 4.62. The molecule has 0 bridgehead atoms. The van der Waals surface area contributed by atoms with E-state index in [1.807, 2.05) is 0 Å². The van der Waals surface area contributed by atoms with Crippen molar-refractivity contribution in [3.8, 4) is 0 Å². The van der Waals surface area contributed by atoms with Crippen molar-refractivity contribution in [1.29, 1.82) is 0 Å². The lowest BCUT2D eigenvalue weighted by Crippen LogP contribution is -2.21. The van der Waals surface area contributed by atoms with Crippen LogP contribution in [0.15, 0.2) is 6.33 Å². The van der Waals surface area contributed by atoms with Gasteiger partial charge in [-0.15, -0.1) is 11.3 Å². The van der Waals surface area contributed by atoms with Crippen LogP contribution in [0.5, 0.6) is 0 Å². The van der Waals surface area contributed by atoms with Crippen molar-refractivity contribution in [1.82, 2.24) is 14.8 Å². The minimum absolute atomic E-state index is 0.248. The van der Waals surface area contributed by atoms with Gasteiger partial charge < -0.3 is 21.2 Å². The first kappa shape index (κ1) is 15.1. The van der Waals surface area contributed by atoms with Crippen LogP contribution in [-0.2, 0) is 24.2 Å². The summed E-state index contributed by atoms with van der Waals surface area (Å²) in [6, 6.07) is 0. The number of amides is 2. The molecule has 0 fully saturated rings. The maximum atomic E-state index is 12.0. The van der Waals surface area contributed by atoms with Gasteiger partial charge in [-0.05, 0) is 29.7 Å². The first-order chi connectivity index (χ1) is 11.0. The number of nitrogens with two attached hydrogens (primary N) is 1. The van der Waals surface area contributed by atoms with Crippen LogP contribution < -0.4 is 11.1 Å². The molecule has 10 nitrogen and oxygen atoms in total. The Hall–Kier alpha value is -2.82. The van der Waals surface area contributed by atoms with E-state index in [2.05, 4.69) is 15.4 Å². The molecule has 0 aromatic carbocycles. The minimum atomic E-state index is -0.747. The average molecular weight is 336 g/mol. The number of fused-ring (bicyclic) bond motifs is 1. The molecule has 0 radical (unpaired) electrons. The molecule has 0 atom stereocenters. The highest BCUT2D eigenvalue weighted by atomic mass is 32.1. The smallest absolute Gasteiger partial charge is 0.390 e. The van der Waals surface area contributed by atoms with Gasteiger partial charge in [-0.1, -0.05) is 4.98 Å². The fourth-order valence-corrected chi connectivity index (χ4v) is 3.82. The summed E-state index contributed by atoms with van der Waals surface area (Å²) in [4.78, 5) is 38.0. The Morgan fingerprint density at radius 2 is 2.26 bits per heavy atom. The summed E-state index contributed by atoms with van der Waals surface area (Å²) in [5.41, 5.74) is 6.68. The maximum Gasteiger partial charge on any atom is 0.490 e. The van der Waals surface area contributed by atoms with Crippen LogP contribution >= 0.6 is 11.3 Å². The Kier molecular flexibility index (Phi) is 3.78. The number of aryl methyl sites for hydroxylation is 1. The molecule has 2 aromatic rings. The van der Waals surface area contributed by atoms with E-state index in [4.69, 9.17) is 5.73 Å². The molecule has 3 N–H and O–H groups in total. The summed E-state index contributed by atoms with van der Waals surface area (Å²) < 4.78 is 1.05. The van der Waals surface area contributed by atoms with Gasteiger partial charge in [0.05, 0.1) is 5.56 Å². The van der Waals surface area contributed by atoms with Crippen molar-refractivity contribution < 1.29 is 14.5 Å². The lowest BCUT2D eigenvalue weighted by molar-refractivity contribution is -0.394. The van der Waals surface area contributed by atoms with E-state index in [-0.39, 0.29) is 6.54 Å². The molecule has 0 unspecified atom stereocenters. The summed E-state index contributed by atoms with van der Waals surface area (Å²) >= 11 is 1.34. The van der Waals surface area contributed by atoms with Gasteiger partial charge in [-0.25, -0.2) is 0 Å². The minimum Gasteiger partial charge on any atom is -0.390 e. The topological polar surface area (TPSA) is 146 Å². The van der Waals surface area contributed by atoms with E-state index in [9.17, 15) is 19.7 Å². The van der Waals surface area contributed by atoms with Crippen molar-refractivity contribution in [3.05, 3.63) is 32.4 Å². The summed E-state index contributed by atoms with van der Waals surface area (Å²) in [6.45, 7) is -0.248. The number of carbonyl (C=O) groups is 2. The second kappa shape index (κ2) is 5.76. The van der Waals surface area contributed by atoms with Gasteiger partial charge in [-0.2, -0.15) is 4.68 Å². The summed E-state index contributed by atoms with van der Waals surface area (Å²) in [7, 11) is 0. The predicted molar refractivity (Wildman–Crippen MR) is 80.2 cm³/mol. The van der Waals surface area contributed by atoms with Gasteiger partial charge >= 0.3 is 5.95 Å². The Labute approximate surface area is 133 Å². The largest absolute Gasteiger partial charge is 0.490 e. The molecular formula is C12H12N6O4S. The van der Waals surface area contributed by atoms with E-state index < -0.39 is 22.7 Å². The first-order valence-electron chi connectivity index (χ1n) is 6.73. The van der Waals surface area contributed by atoms with E-state index in [1.165, 1.54) is 11.3 Å². The van der Waals surface area contributed by atoms with Gasteiger partial charge in [0.15, 0.2) is 0 Å². The number of hydrogen-bond donors (Lipinski definition) is 2. The van der Waals surface area contributed by atoms with Crippen molar-refractivity contribution >= 4 is 34.1 Å². The zero-order valence-electron chi connectivity index (χ0n) is 11.8. The Morgan fingerprint density at radius 1 is 1.48 bits per heavy atom. The van der Waals surface area contributed by atoms with Crippen molar-refractivity contribution in [2.75, 3.05) is 5.32 Å². The lowest BCUT2D eigenvalue weighted by Gasteiger charge is -2.04. The molecule has 23 heavy (non-hydrogen) atoms. The number of nitrogens with one attached hydrogen (secondary N) is 1. The van der Waals surface area contributed by atoms with Gasteiger partial charge in [0.1, 0.15) is 11.5 Å². The normalized spacial score (nSPS) is 12.9. The molecule has 0 saturated heterocycles. The number of anilines is 1. The monoisotopic (exact) mass is 336 g/mol. The number of nitrogens with zero attached hydrogens (tertiary/aromatic N) is 4. The first-order valence-corrected chi connectivity index (χ1v) is 7.55. The molecule has 1 aliphatic carbocycles. The fourth-order valence-electron chi connectivity index (χ4n) is 2.51. The Balaban J connectivity index is 1.75. The summed E-state index contributed by atoms with van der Waals surface area (Å²) in [5, 5.41) is 17.1. The van der Waals surface area contributed by atoms with Crippen LogP contribution in [0, 0.1) is 10.1 Å². The second-order valence-corrected chi connectivity index (χ2v) is 6.08. The molecular weight excluding hydrogens is 324 g/mol. The molecule has 2 aromatic heterocycles. The van der Waals surface area contributed by atoms with Crippen LogP contribution in [0.2, 0.25) is 0 Å². The number of carbonyl (C=O) groups excluding carboxylic acids is 2. The highest BCUT2D eigenvalue weighted by Gasteiger charge is 2.26. The SMILES string of the molecule is NC(=O)c1c(NC(=O)Cn2cnc([N+](=O)[O-])n2)sc2c1CCC2. The number of hydrogen-bond acceptors (Lipinski definition) is 7. The number of nitro groups is 1. The third kappa shape index (κ3) is 2.90. The number of rotatable bonds is 5. The van der Waals surface area contributed by atoms with Crippen molar-refractivity contribution in [3.63, 3.8) is 0 Å². The molecule has 3 rings (SSSR count). The van der Waals surface area contributed by atoms with Gasteiger partial charge in [-0.3, -0.25) is 9.59 Å². The van der Waals surface area contributed by atoms with E-state index in [0.717, 1.165) is 40.7 Å². The van der Waals surface area contributed by atoms with E-state index >= 15 is 0 Å². The van der Waals surface area contributed by atoms with Gasteiger partial charge in [0.25, 0.3) is 5.91 Å². The standard InChI is InChI=1S/C12H12N6O4S/c13-10(20)9-6-2-1-3-7(6)23-11(9)15-8(19)4-17-5-14-12(16-17)18(21)22/h5H,1-4H2,(H2,13,20)(H,15,19). The van der Waals surface area contributed by atoms with Crippen LogP contribution in [-0.4, -0.2) is 31.5 Å². The molecule has 2 amide bonds. The highest BCUT2D eigenvalue weighted by Crippen LogP contribution is 2.38. The predicted octanol–water partition coefficient (Wildman–Crippen LogP) is 0.474. The second-order valence-electron chi connectivity index (χ2n) is 4.97. The fraction of sp³-hybridized carbons (Fsp3) is 0.333. The van der Waals surface area contributed by atoms with Crippen LogP contribution in [0.1, 0.15) is 27.2 Å². The molecule has 0 aliphatic heterocycles. The van der Waals surface area contributed by atoms with Crippen molar-refractivity contribution in [2.45, 2.75) is 25.8 Å². The quantitative estimate of drug-likeness (QED) is 0.599. The lowest BCUT2D eigenvalue weighted by atomic mass is 10.1. The highest BCUT2D eigenvalue weighted by molar-refractivity contribution is 7.17. The Morgan fingerprint density at radius 3 is 2.91 bits per heavy atom. The molecule has 0 spiro atoms. The van der Waals surface area contributed by atoms with Gasteiger partial charge in [0.2, 0.25) is 12.2 Å². The summed E-state index contributed by atoms with van der Waals surface area (Å²) in [6.07, 6.45) is 3.71. The zero-order chi connectivity index (χ0) is 16.6. The number of thiophene rings is 1. The van der Waals surface area contributed by atoms with Crippen LogP contribution in [0.4, 0.5) is 10.9 Å². The van der Waals surface area contributed by atoms with Crippen LogP contribution in [0.3, 0.4) is 0 Å². The summed E-state index contributed by atoms with van der Waals surface area (Å²) in [5.74, 6) is -1.62. The Bertz CT molecular complexity index is 811. The number of aromatic nitrogens is 3. The zero-order valence-corrected chi connectivity index (χ0v) is 12.6. The van der Waals surface area contributed by atoms with Crippen LogP contribution in [0.25, 0.3) is 0 Å². The van der Waals surface area contributed by atoms with E-state index in [1.54, 1.807) is 0 Å².